The Morgan fingerprint density at radius 2 is 2.10 bits per heavy atom. The number of aryl methyl sites for hydroxylation is 1. The Morgan fingerprint density at radius 1 is 1.29 bits per heavy atom. The van der Waals surface area contributed by atoms with Gasteiger partial charge in [-0.25, -0.2) is 0 Å². The predicted octanol–water partition coefficient (Wildman–Crippen LogP) is 4.99. The van der Waals surface area contributed by atoms with Crippen molar-refractivity contribution in [2.45, 2.75) is 44.6 Å². The molecule has 0 bridgehead atoms. The van der Waals surface area contributed by atoms with Gasteiger partial charge in [0.1, 0.15) is 0 Å². The molecule has 0 spiro atoms. The summed E-state index contributed by atoms with van der Waals surface area (Å²) in [5.74, 6) is 0.680. The lowest BCUT2D eigenvalue weighted by atomic mass is 9.80. The molecule has 1 nitrogen and oxygen atoms in total. The molecule has 1 aliphatic carbocycles. The lowest BCUT2D eigenvalue weighted by molar-refractivity contribution is 0.398. The summed E-state index contributed by atoms with van der Waals surface area (Å²) in [4.78, 5) is 1.62. The predicted molar refractivity (Wildman–Crippen MR) is 100 cm³/mol. The van der Waals surface area contributed by atoms with Crippen molar-refractivity contribution in [2.75, 3.05) is 6.54 Å². The molecule has 112 valence electrons. The molecular formula is C18H22INS. The Labute approximate surface area is 145 Å². The van der Waals surface area contributed by atoms with Crippen LogP contribution in [0.4, 0.5) is 0 Å². The highest BCUT2D eigenvalue weighted by molar-refractivity contribution is 14.1. The summed E-state index contributed by atoms with van der Waals surface area (Å²) >= 11 is 4.32. The van der Waals surface area contributed by atoms with Crippen LogP contribution in [0.5, 0.6) is 0 Å². The third kappa shape index (κ3) is 3.69. The molecule has 1 heterocycles. The molecule has 3 heteroatoms. The highest BCUT2D eigenvalue weighted by Gasteiger charge is 2.28. The van der Waals surface area contributed by atoms with Crippen molar-refractivity contribution in [3.63, 3.8) is 0 Å². The Kier molecular flexibility index (Phi) is 5.35. The molecular weight excluding hydrogens is 389 g/mol. The van der Waals surface area contributed by atoms with Gasteiger partial charge in [0.2, 0.25) is 0 Å². The first-order chi connectivity index (χ1) is 10.3. The van der Waals surface area contributed by atoms with Crippen molar-refractivity contribution in [3.8, 4) is 0 Å². The van der Waals surface area contributed by atoms with Crippen LogP contribution in [0, 0.1) is 3.57 Å². The number of hydrogen-bond acceptors (Lipinski definition) is 2. The number of hydrogen-bond donors (Lipinski definition) is 1. The largest absolute Gasteiger partial charge is 0.313 e. The first-order valence-corrected chi connectivity index (χ1v) is 9.78. The van der Waals surface area contributed by atoms with E-state index in [0.29, 0.717) is 12.0 Å². The first kappa shape index (κ1) is 15.5. The van der Waals surface area contributed by atoms with E-state index in [0.717, 1.165) is 13.0 Å². The van der Waals surface area contributed by atoms with Gasteiger partial charge >= 0.3 is 0 Å². The van der Waals surface area contributed by atoms with Crippen LogP contribution >= 0.6 is 33.9 Å². The SMILES string of the molecule is CCNC(Cc1ccc(I)cc1)C1CCCc2sccc21. The topological polar surface area (TPSA) is 12.0 Å². The third-order valence-electron chi connectivity index (χ3n) is 4.42. The molecule has 0 aliphatic heterocycles. The summed E-state index contributed by atoms with van der Waals surface area (Å²) in [6, 6.07) is 11.9. The number of halogens is 1. The van der Waals surface area contributed by atoms with E-state index in [1.807, 2.05) is 11.3 Å². The molecule has 1 aromatic carbocycles. The number of thiophene rings is 1. The van der Waals surface area contributed by atoms with Crippen LogP contribution in [-0.2, 0) is 12.8 Å². The van der Waals surface area contributed by atoms with E-state index in [1.54, 1.807) is 10.4 Å². The maximum atomic E-state index is 3.75. The van der Waals surface area contributed by atoms with Gasteiger partial charge in [0, 0.05) is 20.4 Å². The molecule has 2 aromatic rings. The van der Waals surface area contributed by atoms with E-state index in [-0.39, 0.29) is 0 Å². The van der Waals surface area contributed by atoms with Crippen LogP contribution in [0.15, 0.2) is 35.7 Å². The zero-order valence-corrected chi connectivity index (χ0v) is 15.4. The summed E-state index contributed by atoms with van der Waals surface area (Å²) in [6.07, 6.45) is 5.08. The lowest BCUT2D eigenvalue weighted by Gasteiger charge is -2.31. The maximum absolute atomic E-state index is 3.75. The van der Waals surface area contributed by atoms with Crippen molar-refractivity contribution in [1.29, 1.82) is 0 Å². The van der Waals surface area contributed by atoms with E-state index in [2.05, 4.69) is 70.5 Å². The van der Waals surface area contributed by atoms with Crippen LogP contribution in [-0.4, -0.2) is 12.6 Å². The van der Waals surface area contributed by atoms with Crippen molar-refractivity contribution >= 4 is 33.9 Å². The fourth-order valence-electron chi connectivity index (χ4n) is 3.43. The van der Waals surface area contributed by atoms with Crippen LogP contribution in [0.1, 0.15) is 41.7 Å². The quantitative estimate of drug-likeness (QED) is 0.684. The van der Waals surface area contributed by atoms with Gasteiger partial charge in [-0.15, -0.1) is 11.3 Å². The van der Waals surface area contributed by atoms with Crippen LogP contribution in [0.2, 0.25) is 0 Å². The van der Waals surface area contributed by atoms with E-state index >= 15 is 0 Å². The molecule has 0 saturated heterocycles. The molecule has 0 fully saturated rings. The number of likely N-dealkylation sites (N-methyl/N-ethyl adjacent to an activating group) is 1. The summed E-state index contributed by atoms with van der Waals surface area (Å²) in [6.45, 7) is 3.27. The second-order valence-corrected chi connectivity index (χ2v) is 8.04. The van der Waals surface area contributed by atoms with Crippen molar-refractivity contribution in [2.24, 2.45) is 0 Å². The maximum Gasteiger partial charge on any atom is 0.0176 e. The van der Waals surface area contributed by atoms with Gasteiger partial charge in [-0.05, 0) is 89.5 Å². The summed E-state index contributed by atoms with van der Waals surface area (Å²) in [5.41, 5.74) is 3.06. The number of rotatable bonds is 5. The molecule has 1 N–H and O–H groups in total. The van der Waals surface area contributed by atoms with E-state index in [9.17, 15) is 0 Å². The van der Waals surface area contributed by atoms with E-state index in [1.165, 1.54) is 28.4 Å². The monoisotopic (exact) mass is 411 g/mol. The standard InChI is InChI=1S/C18H22INS/c1-2-20-17(12-13-6-8-14(19)9-7-13)15-4-3-5-18-16(15)10-11-21-18/h6-11,15,17,20H,2-5,12H2,1H3. The van der Waals surface area contributed by atoms with Gasteiger partial charge in [0.05, 0.1) is 0 Å². The minimum Gasteiger partial charge on any atom is -0.313 e. The molecule has 0 radical (unpaired) electrons. The Balaban J connectivity index is 1.80. The fraction of sp³-hybridized carbons (Fsp3) is 0.444. The smallest absolute Gasteiger partial charge is 0.0176 e. The van der Waals surface area contributed by atoms with Crippen LogP contribution < -0.4 is 5.32 Å². The second-order valence-electron chi connectivity index (χ2n) is 5.79. The van der Waals surface area contributed by atoms with Crippen molar-refractivity contribution in [1.82, 2.24) is 5.32 Å². The minimum absolute atomic E-state index is 0.559. The molecule has 0 amide bonds. The second kappa shape index (κ2) is 7.25. The summed E-state index contributed by atoms with van der Waals surface area (Å²) in [5, 5.41) is 6.02. The third-order valence-corrected chi connectivity index (χ3v) is 6.13. The van der Waals surface area contributed by atoms with Gasteiger partial charge < -0.3 is 5.32 Å². The van der Waals surface area contributed by atoms with Gasteiger partial charge in [-0.1, -0.05) is 19.1 Å². The number of nitrogens with one attached hydrogen (secondary N) is 1. The summed E-state index contributed by atoms with van der Waals surface area (Å²) in [7, 11) is 0. The number of fused-ring (bicyclic) bond motifs is 1. The van der Waals surface area contributed by atoms with Gasteiger partial charge in [-0.3, -0.25) is 0 Å². The van der Waals surface area contributed by atoms with Gasteiger partial charge in [-0.2, -0.15) is 0 Å². The van der Waals surface area contributed by atoms with Gasteiger partial charge in [0.25, 0.3) is 0 Å². The van der Waals surface area contributed by atoms with Crippen LogP contribution in [0.25, 0.3) is 0 Å². The zero-order chi connectivity index (χ0) is 14.7. The molecule has 2 unspecified atom stereocenters. The number of benzene rings is 1. The first-order valence-electron chi connectivity index (χ1n) is 7.82. The Morgan fingerprint density at radius 3 is 2.86 bits per heavy atom. The Hall–Kier alpha value is -0.390. The molecule has 1 aromatic heterocycles. The minimum atomic E-state index is 0.559. The lowest BCUT2D eigenvalue weighted by Crippen LogP contribution is -2.38. The van der Waals surface area contributed by atoms with Crippen molar-refractivity contribution < 1.29 is 0 Å². The van der Waals surface area contributed by atoms with Crippen molar-refractivity contribution in [3.05, 3.63) is 55.3 Å². The molecule has 3 rings (SSSR count). The van der Waals surface area contributed by atoms with Gasteiger partial charge in [0.15, 0.2) is 0 Å². The van der Waals surface area contributed by atoms with E-state index < -0.39 is 0 Å². The average Bonchev–Trinajstić information content (AvgIpc) is 2.97. The molecule has 2 atom stereocenters. The highest BCUT2D eigenvalue weighted by atomic mass is 127. The van der Waals surface area contributed by atoms with Crippen LogP contribution in [0.3, 0.4) is 0 Å². The van der Waals surface area contributed by atoms with E-state index in [4.69, 9.17) is 0 Å². The Bertz CT molecular complexity index is 575. The molecule has 0 saturated carbocycles. The normalized spacial score (nSPS) is 19.2. The fourth-order valence-corrected chi connectivity index (χ4v) is 4.79. The summed E-state index contributed by atoms with van der Waals surface area (Å²) < 4.78 is 1.31. The zero-order valence-electron chi connectivity index (χ0n) is 12.4. The molecule has 21 heavy (non-hydrogen) atoms. The highest BCUT2D eigenvalue weighted by Crippen LogP contribution is 2.37. The average molecular weight is 411 g/mol. The molecule has 1 aliphatic rings.